The number of halogens is 1. The average molecular weight is 252 g/mol. The number of aromatic nitrogens is 2. The Bertz CT molecular complexity index is 425. The number of hydrogen-bond acceptors (Lipinski definition) is 2. The Kier molecular flexibility index (Phi) is 5.57. The number of nitrogens with zero attached hydrogens (tertiary/aromatic N) is 2. The summed E-state index contributed by atoms with van der Waals surface area (Å²) in [7, 11) is 0. The van der Waals surface area contributed by atoms with Gasteiger partial charge in [-0.05, 0) is 18.9 Å². The third kappa shape index (κ3) is 4.11. The average Bonchev–Trinajstić information content (AvgIpc) is 2.78. The lowest BCUT2D eigenvalue weighted by Crippen LogP contribution is -2.03. The number of rotatable bonds is 5. The molecule has 0 aliphatic heterocycles. The Labute approximate surface area is 108 Å². The minimum Gasteiger partial charge on any atom is -0.382 e. The van der Waals surface area contributed by atoms with Crippen LogP contribution in [-0.2, 0) is 13.0 Å². The first-order valence-electron chi connectivity index (χ1n) is 5.68. The van der Waals surface area contributed by atoms with Crippen LogP contribution < -0.4 is 5.32 Å². The van der Waals surface area contributed by atoms with Crippen molar-refractivity contribution in [3.8, 4) is 0 Å². The lowest BCUT2D eigenvalue weighted by molar-refractivity contribution is 0.660. The summed E-state index contributed by atoms with van der Waals surface area (Å²) in [5, 5.41) is 7.58. The van der Waals surface area contributed by atoms with Gasteiger partial charge in [-0.1, -0.05) is 30.3 Å². The van der Waals surface area contributed by atoms with Crippen molar-refractivity contribution in [3.63, 3.8) is 0 Å². The molecular weight excluding hydrogens is 234 g/mol. The van der Waals surface area contributed by atoms with Gasteiger partial charge in [-0.2, -0.15) is 5.10 Å². The van der Waals surface area contributed by atoms with Gasteiger partial charge < -0.3 is 5.32 Å². The summed E-state index contributed by atoms with van der Waals surface area (Å²) in [5.41, 5.74) is 2.45. The zero-order chi connectivity index (χ0) is 11.2. The molecule has 3 nitrogen and oxygen atoms in total. The van der Waals surface area contributed by atoms with E-state index in [9.17, 15) is 0 Å². The van der Waals surface area contributed by atoms with E-state index in [0.717, 1.165) is 25.2 Å². The molecule has 1 aromatic carbocycles. The Morgan fingerprint density at radius 2 is 2.00 bits per heavy atom. The van der Waals surface area contributed by atoms with E-state index in [-0.39, 0.29) is 12.4 Å². The van der Waals surface area contributed by atoms with Crippen molar-refractivity contribution in [2.24, 2.45) is 0 Å². The minimum atomic E-state index is 0. The number of nitrogens with one attached hydrogen (secondary N) is 1. The first-order chi connectivity index (χ1) is 7.88. The van der Waals surface area contributed by atoms with E-state index in [1.165, 1.54) is 5.56 Å². The number of benzene rings is 1. The summed E-state index contributed by atoms with van der Waals surface area (Å²) >= 11 is 0. The fourth-order valence-corrected chi connectivity index (χ4v) is 1.62. The van der Waals surface area contributed by atoms with Crippen LogP contribution in [0.2, 0.25) is 0 Å². The summed E-state index contributed by atoms with van der Waals surface area (Å²) in [5.74, 6) is 0. The molecular formula is C13H18ClN3. The van der Waals surface area contributed by atoms with E-state index < -0.39 is 0 Å². The standard InChI is InChI=1S/C13H17N3.ClH/c1-2-16-11-13(10-15-16)14-9-8-12-6-4-3-5-7-12;/h3-7,10-11,14H,2,8-9H2,1H3;1H. The van der Waals surface area contributed by atoms with Crippen LogP contribution in [0.5, 0.6) is 0 Å². The Hall–Kier alpha value is -1.48. The molecule has 0 saturated heterocycles. The normalized spacial score (nSPS) is 9.71. The van der Waals surface area contributed by atoms with E-state index in [1.54, 1.807) is 0 Å². The number of aryl methyl sites for hydroxylation is 1. The minimum absolute atomic E-state index is 0. The van der Waals surface area contributed by atoms with Crippen molar-refractivity contribution < 1.29 is 0 Å². The molecule has 0 atom stereocenters. The fourth-order valence-electron chi connectivity index (χ4n) is 1.62. The molecule has 4 heteroatoms. The highest BCUT2D eigenvalue weighted by Gasteiger charge is 1.96. The van der Waals surface area contributed by atoms with Crippen LogP contribution in [0.15, 0.2) is 42.7 Å². The molecule has 17 heavy (non-hydrogen) atoms. The highest BCUT2D eigenvalue weighted by atomic mass is 35.5. The second-order valence-electron chi connectivity index (χ2n) is 3.75. The zero-order valence-electron chi connectivity index (χ0n) is 9.97. The molecule has 1 N–H and O–H groups in total. The second kappa shape index (κ2) is 6.97. The summed E-state index contributed by atoms with van der Waals surface area (Å²) in [6.07, 6.45) is 4.94. The quantitative estimate of drug-likeness (QED) is 0.886. The predicted molar refractivity (Wildman–Crippen MR) is 73.8 cm³/mol. The maximum atomic E-state index is 4.21. The van der Waals surface area contributed by atoms with E-state index >= 15 is 0 Å². The van der Waals surface area contributed by atoms with Crippen LogP contribution in [-0.4, -0.2) is 16.3 Å². The fraction of sp³-hybridized carbons (Fsp3) is 0.308. The van der Waals surface area contributed by atoms with Gasteiger partial charge in [-0.3, -0.25) is 4.68 Å². The molecule has 0 aliphatic carbocycles. The third-order valence-corrected chi connectivity index (χ3v) is 2.54. The van der Waals surface area contributed by atoms with E-state index in [2.05, 4.69) is 41.6 Å². The molecule has 0 amide bonds. The molecule has 0 spiro atoms. The highest BCUT2D eigenvalue weighted by Crippen LogP contribution is 2.05. The van der Waals surface area contributed by atoms with Gasteiger partial charge in [0.2, 0.25) is 0 Å². The molecule has 0 radical (unpaired) electrons. The molecule has 2 aromatic rings. The lowest BCUT2D eigenvalue weighted by atomic mass is 10.1. The Morgan fingerprint density at radius 1 is 1.24 bits per heavy atom. The smallest absolute Gasteiger partial charge is 0.0726 e. The molecule has 0 fully saturated rings. The van der Waals surface area contributed by atoms with Crippen molar-refractivity contribution in [3.05, 3.63) is 48.3 Å². The summed E-state index contributed by atoms with van der Waals surface area (Å²) in [6, 6.07) is 10.5. The second-order valence-corrected chi connectivity index (χ2v) is 3.75. The van der Waals surface area contributed by atoms with Gasteiger partial charge in [0.25, 0.3) is 0 Å². The molecule has 2 rings (SSSR count). The highest BCUT2D eigenvalue weighted by molar-refractivity contribution is 5.85. The van der Waals surface area contributed by atoms with Crippen LogP contribution >= 0.6 is 12.4 Å². The molecule has 0 bridgehead atoms. The van der Waals surface area contributed by atoms with Crippen molar-refractivity contribution in [1.82, 2.24) is 9.78 Å². The number of anilines is 1. The topological polar surface area (TPSA) is 29.9 Å². The maximum absolute atomic E-state index is 4.21. The Morgan fingerprint density at radius 3 is 2.65 bits per heavy atom. The summed E-state index contributed by atoms with van der Waals surface area (Å²) < 4.78 is 1.92. The van der Waals surface area contributed by atoms with Crippen LogP contribution in [0.4, 0.5) is 5.69 Å². The van der Waals surface area contributed by atoms with Gasteiger partial charge in [-0.15, -0.1) is 12.4 Å². The summed E-state index contributed by atoms with van der Waals surface area (Å²) in [6.45, 7) is 3.94. The number of hydrogen-bond donors (Lipinski definition) is 1. The largest absolute Gasteiger partial charge is 0.382 e. The molecule has 92 valence electrons. The Balaban J connectivity index is 0.00000144. The van der Waals surface area contributed by atoms with Gasteiger partial charge in [0.15, 0.2) is 0 Å². The van der Waals surface area contributed by atoms with Crippen molar-refractivity contribution in [2.45, 2.75) is 19.9 Å². The van der Waals surface area contributed by atoms with Gasteiger partial charge in [0.05, 0.1) is 11.9 Å². The van der Waals surface area contributed by atoms with Gasteiger partial charge in [0, 0.05) is 19.3 Å². The molecule has 0 aliphatic rings. The van der Waals surface area contributed by atoms with Crippen molar-refractivity contribution in [1.29, 1.82) is 0 Å². The summed E-state index contributed by atoms with van der Waals surface area (Å²) in [4.78, 5) is 0. The first-order valence-corrected chi connectivity index (χ1v) is 5.68. The van der Waals surface area contributed by atoms with Crippen molar-refractivity contribution >= 4 is 18.1 Å². The van der Waals surface area contributed by atoms with E-state index in [0.29, 0.717) is 0 Å². The van der Waals surface area contributed by atoms with Gasteiger partial charge >= 0.3 is 0 Å². The van der Waals surface area contributed by atoms with Crippen LogP contribution in [0.3, 0.4) is 0 Å². The van der Waals surface area contributed by atoms with Crippen molar-refractivity contribution in [2.75, 3.05) is 11.9 Å². The zero-order valence-corrected chi connectivity index (χ0v) is 10.8. The van der Waals surface area contributed by atoms with E-state index in [1.807, 2.05) is 23.1 Å². The van der Waals surface area contributed by atoms with Gasteiger partial charge in [-0.25, -0.2) is 0 Å². The lowest BCUT2D eigenvalue weighted by Gasteiger charge is -2.03. The van der Waals surface area contributed by atoms with E-state index in [4.69, 9.17) is 0 Å². The molecule has 1 heterocycles. The maximum Gasteiger partial charge on any atom is 0.0726 e. The predicted octanol–water partition coefficient (Wildman–Crippen LogP) is 2.98. The molecule has 0 unspecified atom stereocenters. The monoisotopic (exact) mass is 251 g/mol. The van der Waals surface area contributed by atoms with Gasteiger partial charge in [0.1, 0.15) is 0 Å². The van der Waals surface area contributed by atoms with Crippen LogP contribution in [0, 0.1) is 0 Å². The van der Waals surface area contributed by atoms with Crippen LogP contribution in [0.1, 0.15) is 12.5 Å². The molecule has 0 saturated carbocycles. The van der Waals surface area contributed by atoms with Crippen LogP contribution in [0.25, 0.3) is 0 Å². The molecule has 1 aromatic heterocycles. The first kappa shape index (κ1) is 13.6. The SMILES string of the molecule is CCn1cc(NCCc2ccccc2)cn1.Cl. The third-order valence-electron chi connectivity index (χ3n) is 2.54.